The highest BCUT2D eigenvalue weighted by molar-refractivity contribution is 6.00. The van der Waals surface area contributed by atoms with Gasteiger partial charge in [0, 0.05) is 23.9 Å². The molecule has 2 N–H and O–H groups in total. The number of halogens is 1. The van der Waals surface area contributed by atoms with E-state index < -0.39 is 5.95 Å². The van der Waals surface area contributed by atoms with Crippen LogP contribution in [0.2, 0.25) is 0 Å². The summed E-state index contributed by atoms with van der Waals surface area (Å²) < 4.78 is 13.1. The monoisotopic (exact) mass is 349 g/mol. The molecular formula is C22H24FN3. The first-order valence-corrected chi connectivity index (χ1v) is 8.68. The standard InChI is InChI=1S/C22H24FN3/c1-5-7-10-25-22(24)15(3)11-19-12-17(6-2)13-20(16(19)4)18-8-9-21(23)26-14-18/h2,8-9,11-14H,5,7,10H2,1,3-4H3,(H2,24,25)/b15-11+. The van der Waals surface area contributed by atoms with Crippen molar-refractivity contribution in [2.75, 3.05) is 6.54 Å². The Hall–Kier alpha value is -2.93. The number of terminal acetylenes is 1. The summed E-state index contributed by atoms with van der Waals surface area (Å²) in [6, 6.07) is 6.90. The van der Waals surface area contributed by atoms with E-state index in [1.807, 2.05) is 32.1 Å². The largest absolute Gasteiger partial charge is 0.384 e. The maximum Gasteiger partial charge on any atom is 0.212 e. The number of amidine groups is 1. The third-order valence-corrected chi connectivity index (χ3v) is 4.22. The predicted octanol–water partition coefficient (Wildman–Crippen LogP) is 4.74. The van der Waals surface area contributed by atoms with Crippen LogP contribution in [0, 0.1) is 25.2 Å². The second-order valence-corrected chi connectivity index (χ2v) is 6.20. The Balaban J connectivity index is 2.47. The predicted molar refractivity (Wildman–Crippen MR) is 107 cm³/mol. The molecule has 0 amide bonds. The minimum absolute atomic E-state index is 0.508. The van der Waals surface area contributed by atoms with E-state index in [0.29, 0.717) is 5.84 Å². The van der Waals surface area contributed by atoms with E-state index in [2.05, 4.69) is 22.8 Å². The molecule has 0 spiro atoms. The van der Waals surface area contributed by atoms with E-state index in [-0.39, 0.29) is 0 Å². The molecule has 1 aromatic heterocycles. The molecule has 3 nitrogen and oxygen atoms in total. The van der Waals surface area contributed by atoms with Crippen molar-refractivity contribution in [1.82, 2.24) is 4.98 Å². The number of rotatable bonds is 6. The Bertz CT molecular complexity index is 871. The number of hydrogen-bond donors (Lipinski definition) is 1. The van der Waals surface area contributed by atoms with Gasteiger partial charge in [0.15, 0.2) is 0 Å². The molecule has 1 heterocycles. The first-order chi connectivity index (χ1) is 12.5. The number of nitrogens with zero attached hydrogens (tertiary/aromatic N) is 2. The average molecular weight is 349 g/mol. The van der Waals surface area contributed by atoms with Crippen molar-refractivity contribution in [2.45, 2.75) is 33.6 Å². The van der Waals surface area contributed by atoms with E-state index in [4.69, 9.17) is 12.2 Å². The fraction of sp³-hybridized carbons (Fsp3) is 0.273. The van der Waals surface area contributed by atoms with Crippen LogP contribution in [0.3, 0.4) is 0 Å². The summed E-state index contributed by atoms with van der Waals surface area (Å²) in [7, 11) is 0. The smallest absolute Gasteiger partial charge is 0.212 e. The van der Waals surface area contributed by atoms with Crippen molar-refractivity contribution in [3.63, 3.8) is 0 Å². The van der Waals surface area contributed by atoms with Gasteiger partial charge in [-0.1, -0.05) is 19.3 Å². The molecular weight excluding hydrogens is 325 g/mol. The molecule has 0 atom stereocenters. The molecule has 0 aliphatic rings. The SMILES string of the molecule is C#Cc1cc(/C=C(\C)C(N)=NCCCC)c(C)c(-c2ccc(F)nc2)c1. The van der Waals surface area contributed by atoms with Crippen LogP contribution in [0.25, 0.3) is 17.2 Å². The molecule has 2 aromatic rings. The molecule has 0 aliphatic heterocycles. The lowest BCUT2D eigenvalue weighted by Crippen LogP contribution is -2.13. The van der Waals surface area contributed by atoms with Crippen molar-refractivity contribution in [1.29, 1.82) is 0 Å². The lowest BCUT2D eigenvalue weighted by atomic mass is 9.93. The Kier molecular flexibility index (Phi) is 6.68. The number of benzene rings is 1. The third kappa shape index (κ3) is 4.80. The van der Waals surface area contributed by atoms with Crippen LogP contribution in [0.4, 0.5) is 4.39 Å². The van der Waals surface area contributed by atoms with Gasteiger partial charge in [0.25, 0.3) is 0 Å². The summed E-state index contributed by atoms with van der Waals surface area (Å²) >= 11 is 0. The highest BCUT2D eigenvalue weighted by Crippen LogP contribution is 2.28. The number of aliphatic imine (C=N–C) groups is 1. The lowest BCUT2D eigenvalue weighted by molar-refractivity contribution is 0.584. The normalized spacial score (nSPS) is 12.1. The van der Waals surface area contributed by atoms with E-state index >= 15 is 0 Å². The molecule has 1 aromatic carbocycles. The highest BCUT2D eigenvalue weighted by Gasteiger charge is 2.09. The van der Waals surface area contributed by atoms with Crippen molar-refractivity contribution in [3.8, 4) is 23.5 Å². The maximum atomic E-state index is 13.1. The van der Waals surface area contributed by atoms with E-state index in [1.54, 1.807) is 6.07 Å². The summed E-state index contributed by atoms with van der Waals surface area (Å²) in [6.07, 6.45) is 11.2. The second-order valence-electron chi connectivity index (χ2n) is 6.20. The summed E-state index contributed by atoms with van der Waals surface area (Å²) in [4.78, 5) is 8.15. The van der Waals surface area contributed by atoms with Gasteiger partial charge in [0.05, 0.1) is 0 Å². The van der Waals surface area contributed by atoms with Crippen LogP contribution in [0.15, 0.2) is 41.0 Å². The zero-order valence-corrected chi connectivity index (χ0v) is 15.5. The Morgan fingerprint density at radius 3 is 2.77 bits per heavy atom. The maximum absolute atomic E-state index is 13.1. The zero-order valence-electron chi connectivity index (χ0n) is 15.5. The number of hydrogen-bond acceptors (Lipinski definition) is 2. The van der Waals surface area contributed by atoms with Crippen LogP contribution < -0.4 is 5.73 Å². The molecule has 4 heteroatoms. The van der Waals surface area contributed by atoms with Crippen molar-refractivity contribution >= 4 is 11.9 Å². The number of unbranched alkanes of at least 4 members (excludes halogenated alkanes) is 1. The van der Waals surface area contributed by atoms with E-state index in [9.17, 15) is 4.39 Å². The molecule has 0 aliphatic carbocycles. The fourth-order valence-electron chi connectivity index (χ4n) is 2.59. The minimum atomic E-state index is -0.508. The zero-order chi connectivity index (χ0) is 19.1. The topological polar surface area (TPSA) is 51.3 Å². The molecule has 26 heavy (non-hydrogen) atoms. The van der Waals surface area contributed by atoms with Crippen LogP contribution in [0.1, 0.15) is 43.4 Å². The first-order valence-electron chi connectivity index (χ1n) is 8.68. The van der Waals surface area contributed by atoms with E-state index in [0.717, 1.165) is 52.8 Å². The summed E-state index contributed by atoms with van der Waals surface area (Å²) in [5.41, 5.74) is 11.5. The number of pyridine rings is 1. The lowest BCUT2D eigenvalue weighted by Gasteiger charge is -2.12. The molecule has 0 radical (unpaired) electrons. The molecule has 134 valence electrons. The first kappa shape index (κ1) is 19.4. The molecule has 0 saturated carbocycles. The van der Waals surface area contributed by atoms with Crippen LogP contribution in [-0.2, 0) is 0 Å². The van der Waals surface area contributed by atoms with Gasteiger partial charge in [-0.2, -0.15) is 4.39 Å². The Labute approximate surface area is 154 Å². The van der Waals surface area contributed by atoms with Gasteiger partial charge in [0.2, 0.25) is 5.95 Å². The van der Waals surface area contributed by atoms with Gasteiger partial charge in [-0.25, -0.2) is 4.98 Å². The summed E-state index contributed by atoms with van der Waals surface area (Å²) in [5, 5.41) is 0. The highest BCUT2D eigenvalue weighted by atomic mass is 19.1. The Morgan fingerprint density at radius 1 is 1.38 bits per heavy atom. The quantitative estimate of drug-likeness (QED) is 0.269. The van der Waals surface area contributed by atoms with Gasteiger partial charge in [-0.15, -0.1) is 6.42 Å². The molecule has 0 fully saturated rings. The van der Waals surface area contributed by atoms with Crippen LogP contribution in [-0.4, -0.2) is 17.4 Å². The van der Waals surface area contributed by atoms with Gasteiger partial charge >= 0.3 is 0 Å². The third-order valence-electron chi connectivity index (χ3n) is 4.22. The number of nitrogens with two attached hydrogens (primary N) is 1. The van der Waals surface area contributed by atoms with Gasteiger partial charge in [-0.05, 0) is 72.9 Å². The van der Waals surface area contributed by atoms with Crippen molar-refractivity contribution in [3.05, 3.63) is 58.7 Å². The van der Waals surface area contributed by atoms with Gasteiger partial charge in [0.1, 0.15) is 5.84 Å². The van der Waals surface area contributed by atoms with Gasteiger partial charge < -0.3 is 5.73 Å². The number of aromatic nitrogens is 1. The molecule has 0 saturated heterocycles. The van der Waals surface area contributed by atoms with Crippen LogP contribution in [0.5, 0.6) is 0 Å². The van der Waals surface area contributed by atoms with Gasteiger partial charge in [-0.3, -0.25) is 4.99 Å². The molecule has 0 unspecified atom stereocenters. The minimum Gasteiger partial charge on any atom is -0.384 e. The molecule has 2 rings (SSSR count). The van der Waals surface area contributed by atoms with Crippen LogP contribution >= 0.6 is 0 Å². The fourth-order valence-corrected chi connectivity index (χ4v) is 2.59. The average Bonchev–Trinajstić information content (AvgIpc) is 2.64. The second kappa shape index (κ2) is 8.96. The Morgan fingerprint density at radius 2 is 2.15 bits per heavy atom. The summed E-state index contributed by atoms with van der Waals surface area (Å²) in [6.45, 7) is 6.78. The van der Waals surface area contributed by atoms with E-state index in [1.165, 1.54) is 12.3 Å². The van der Waals surface area contributed by atoms with Crippen molar-refractivity contribution in [2.24, 2.45) is 10.7 Å². The molecule has 0 bridgehead atoms. The van der Waals surface area contributed by atoms with Crippen molar-refractivity contribution < 1.29 is 4.39 Å². The summed E-state index contributed by atoms with van der Waals surface area (Å²) in [5.74, 6) is 2.70.